The Morgan fingerprint density at radius 2 is 0.778 bits per heavy atom. The summed E-state index contributed by atoms with van der Waals surface area (Å²) in [7, 11) is 6.82. The summed E-state index contributed by atoms with van der Waals surface area (Å²) in [5, 5.41) is 15.6. The Bertz CT molecular complexity index is 3380. The van der Waals surface area contributed by atoms with E-state index in [9.17, 15) is 0 Å². The molecule has 0 spiro atoms. The maximum absolute atomic E-state index is 5.56. The quantitative estimate of drug-likeness (QED) is 0.129. The van der Waals surface area contributed by atoms with Gasteiger partial charge in [-0.1, -0.05) is 42.5 Å². The summed E-state index contributed by atoms with van der Waals surface area (Å²) in [4.78, 5) is 4.70. The van der Waals surface area contributed by atoms with Crippen molar-refractivity contribution in [3.8, 4) is 23.0 Å². The predicted molar refractivity (Wildman–Crippen MR) is 263 cm³/mol. The molecule has 0 aromatic heterocycles. The summed E-state index contributed by atoms with van der Waals surface area (Å²) in [5.41, 5.74) is 9.23. The Labute approximate surface area is 366 Å². The highest BCUT2D eigenvalue weighted by Gasteiger charge is 2.26. The molecule has 0 aliphatic rings. The molecule has 0 aliphatic heterocycles. The van der Waals surface area contributed by atoms with Gasteiger partial charge < -0.3 is 28.7 Å². The highest BCUT2D eigenvalue weighted by Crippen LogP contribution is 2.52. The minimum atomic E-state index is 0.677. The van der Waals surface area contributed by atoms with Gasteiger partial charge in [-0.2, -0.15) is 0 Å². The molecule has 0 bridgehead atoms. The van der Waals surface area contributed by atoms with Gasteiger partial charge in [-0.15, -0.1) is 0 Å². The van der Waals surface area contributed by atoms with Crippen LogP contribution in [0.15, 0.2) is 158 Å². The molecule has 11 aromatic rings. The fourth-order valence-electron chi connectivity index (χ4n) is 10.3. The van der Waals surface area contributed by atoms with Gasteiger partial charge >= 0.3 is 0 Å². The lowest BCUT2D eigenvalue weighted by molar-refractivity contribution is 0.414. The number of anilines is 5. The Kier molecular flexibility index (Phi) is 9.12. The Hall–Kier alpha value is -7.70. The number of fused-ring (bicyclic) bond motifs is 6. The molecular formula is C57H46N2O4. The number of nitrogens with zero attached hydrogens (tertiary/aromatic N) is 2. The number of aryl methyl sites for hydroxylation is 2. The van der Waals surface area contributed by atoms with Crippen molar-refractivity contribution >= 4 is 93.1 Å². The van der Waals surface area contributed by atoms with E-state index < -0.39 is 0 Å². The van der Waals surface area contributed by atoms with Crippen LogP contribution in [0.3, 0.4) is 0 Å². The average Bonchev–Trinajstić information content (AvgIpc) is 3.86. The fraction of sp³-hybridized carbons (Fsp3) is 0.123. The summed E-state index contributed by atoms with van der Waals surface area (Å²) in [6.45, 7) is 5.36. The molecule has 0 unspecified atom stereocenters. The SMILES string of the molecule is COc1ccc(N(Cc2cc3cccc4c5c(C)c6c7ccc(N(c8ccc(OC)cc8)c8ccc(OC)cc8)c8cccc(c6c(C)c5c(c2)c34)c87)c2ccc(OC)cc2)cc1. The summed E-state index contributed by atoms with van der Waals surface area (Å²) in [5.74, 6) is 3.30. The standard InChI is InChI=1S/C57H46N2O4/c1-34-52-47-11-7-9-37-31-36(33-58(38-13-21-42(60-3)22-14-38)39-15-23-43(61-4)24-16-39)32-50(56(37)47)55(52)35(2)53-48-12-8-10-46-51(30-29-49(54(34)53)57(46)48)59(40-17-25-44(62-5)26-18-40)41-19-27-45(63-6)28-20-41/h7-32H,33H2,1-6H3. The molecule has 0 aliphatic carbocycles. The van der Waals surface area contributed by atoms with Crippen LogP contribution in [-0.4, -0.2) is 28.4 Å². The van der Waals surface area contributed by atoms with Gasteiger partial charge in [0.15, 0.2) is 0 Å². The molecule has 6 nitrogen and oxygen atoms in total. The normalized spacial score (nSPS) is 11.7. The molecular weight excluding hydrogens is 777 g/mol. The lowest BCUT2D eigenvalue weighted by atomic mass is 9.95. The zero-order valence-corrected chi connectivity index (χ0v) is 36.2. The van der Waals surface area contributed by atoms with E-state index in [1.54, 1.807) is 28.4 Å². The van der Waals surface area contributed by atoms with Crippen LogP contribution in [0.5, 0.6) is 23.0 Å². The van der Waals surface area contributed by atoms with Gasteiger partial charge in [0.2, 0.25) is 0 Å². The number of hydrogen-bond donors (Lipinski definition) is 0. The molecule has 6 heteroatoms. The smallest absolute Gasteiger partial charge is 0.119 e. The number of hydrogen-bond acceptors (Lipinski definition) is 6. The minimum absolute atomic E-state index is 0.677. The first-order valence-electron chi connectivity index (χ1n) is 21.3. The molecule has 0 heterocycles. The third kappa shape index (κ3) is 6.00. The van der Waals surface area contributed by atoms with E-state index in [4.69, 9.17) is 18.9 Å². The van der Waals surface area contributed by atoms with Crippen LogP contribution < -0.4 is 28.7 Å². The Morgan fingerprint density at radius 1 is 0.365 bits per heavy atom. The lowest BCUT2D eigenvalue weighted by Gasteiger charge is -2.27. The summed E-state index contributed by atoms with van der Waals surface area (Å²) >= 11 is 0. The highest BCUT2D eigenvalue weighted by molar-refractivity contribution is 6.40. The molecule has 0 fully saturated rings. The number of benzene rings is 9. The first-order valence-corrected chi connectivity index (χ1v) is 21.3. The van der Waals surface area contributed by atoms with E-state index in [1.807, 2.05) is 48.5 Å². The molecule has 0 saturated heterocycles. The molecule has 11 rings (SSSR count). The molecule has 63 heavy (non-hydrogen) atoms. The van der Waals surface area contributed by atoms with Gasteiger partial charge in [-0.05, 0) is 205 Å². The number of methoxy groups -OCH3 is 4. The second-order valence-corrected chi connectivity index (χ2v) is 16.4. The topological polar surface area (TPSA) is 43.4 Å². The van der Waals surface area contributed by atoms with Crippen LogP contribution in [0.4, 0.5) is 28.4 Å². The van der Waals surface area contributed by atoms with Crippen LogP contribution in [0.25, 0.3) is 64.6 Å². The first kappa shape index (κ1) is 38.2. The lowest BCUT2D eigenvalue weighted by Crippen LogP contribution is -2.16. The van der Waals surface area contributed by atoms with Gasteiger partial charge in [0.25, 0.3) is 0 Å². The van der Waals surface area contributed by atoms with Crippen molar-refractivity contribution in [1.82, 2.24) is 0 Å². The number of ether oxygens (including phenoxy) is 4. The largest absolute Gasteiger partial charge is 0.497 e. The molecule has 0 saturated carbocycles. The Balaban J connectivity index is 1.13. The summed E-state index contributed by atoms with van der Waals surface area (Å²) < 4.78 is 22.2. The van der Waals surface area contributed by atoms with E-state index in [0.717, 1.165) is 51.4 Å². The molecule has 0 radical (unpaired) electrons. The fourth-order valence-corrected chi connectivity index (χ4v) is 10.3. The van der Waals surface area contributed by atoms with Gasteiger partial charge in [-0.3, -0.25) is 0 Å². The van der Waals surface area contributed by atoms with Gasteiger partial charge in [0.05, 0.1) is 34.1 Å². The van der Waals surface area contributed by atoms with E-state index in [1.165, 1.54) is 81.3 Å². The van der Waals surface area contributed by atoms with Crippen molar-refractivity contribution in [2.24, 2.45) is 0 Å². The molecule has 11 aromatic carbocycles. The maximum Gasteiger partial charge on any atom is 0.119 e. The van der Waals surface area contributed by atoms with Crippen LogP contribution >= 0.6 is 0 Å². The van der Waals surface area contributed by atoms with E-state index >= 15 is 0 Å². The first-order chi connectivity index (χ1) is 30.9. The van der Waals surface area contributed by atoms with Crippen LogP contribution in [0, 0.1) is 13.8 Å². The molecule has 0 atom stereocenters. The minimum Gasteiger partial charge on any atom is -0.497 e. The van der Waals surface area contributed by atoms with Crippen LogP contribution in [0.1, 0.15) is 16.7 Å². The zero-order valence-electron chi connectivity index (χ0n) is 36.2. The van der Waals surface area contributed by atoms with Gasteiger partial charge in [0.1, 0.15) is 23.0 Å². The second kappa shape index (κ2) is 15.0. The van der Waals surface area contributed by atoms with Crippen molar-refractivity contribution in [1.29, 1.82) is 0 Å². The molecule has 0 N–H and O–H groups in total. The van der Waals surface area contributed by atoms with Crippen LogP contribution in [-0.2, 0) is 6.54 Å². The monoisotopic (exact) mass is 822 g/mol. The summed E-state index contributed by atoms with van der Waals surface area (Å²) in [6, 6.07) is 56.3. The van der Waals surface area contributed by atoms with Crippen molar-refractivity contribution in [3.63, 3.8) is 0 Å². The van der Waals surface area contributed by atoms with Crippen molar-refractivity contribution in [3.05, 3.63) is 174 Å². The summed E-state index contributed by atoms with van der Waals surface area (Å²) in [6.07, 6.45) is 0. The average molecular weight is 823 g/mol. The number of rotatable bonds is 11. The third-order valence-corrected chi connectivity index (χ3v) is 13.1. The maximum atomic E-state index is 5.56. The predicted octanol–water partition coefficient (Wildman–Crippen LogP) is 14.9. The molecule has 308 valence electrons. The third-order valence-electron chi connectivity index (χ3n) is 13.1. The second-order valence-electron chi connectivity index (χ2n) is 16.4. The van der Waals surface area contributed by atoms with Crippen LogP contribution in [0.2, 0.25) is 0 Å². The van der Waals surface area contributed by atoms with E-state index in [2.05, 4.69) is 133 Å². The van der Waals surface area contributed by atoms with Crippen molar-refractivity contribution < 1.29 is 18.9 Å². The zero-order chi connectivity index (χ0) is 42.9. The van der Waals surface area contributed by atoms with Gasteiger partial charge in [0, 0.05) is 34.7 Å². The van der Waals surface area contributed by atoms with Crippen molar-refractivity contribution in [2.45, 2.75) is 20.4 Å². The van der Waals surface area contributed by atoms with E-state index in [0.29, 0.717) is 6.54 Å². The van der Waals surface area contributed by atoms with Crippen molar-refractivity contribution in [2.75, 3.05) is 38.2 Å². The molecule has 0 amide bonds. The van der Waals surface area contributed by atoms with E-state index in [-0.39, 0.29) is 0 Å². The highest BCUT2D eigenvalue weighted by atomic mass is 16.5. The Morgan fingerprint density at radius 3 is 1.27 bits per heavy atom. The van der Waals surface area contributed by atoms with Gasteiger partial charge in [-0.25, -0.2) is 0 Å².